The van der Waals surface area contributed by atoms with Crippen LogP contribution in [-0.2, 0) is 10.0 Å². The molecule has 2 N–H and O–H groups in total. The molecule has 0 aliphatic carbocycles. The van der Waals surface area contributed by atoms with Gasteiger partial charge in [-0.3, -0.25) is 9.59 Å². The van der Waals surface area contributed by atoms with E-state index in [1.54, 1.807) is 37.3 Å². The van der Waals surface area contributed by atoms with Crippen LogP contribution in [0.25, 0.3) is 11.0 Å². The molecule has 4 aromatic rings. The van der Waals surface area contributed by atoms with E-state index in [0.29, 0.717) is 22.4 Å². The van der Waals surface area contributed by atoms with Gasteiger partial charge in [-0.05, 0) is 49.4 Å². The predicted molar refractivity (Wildman–Crippen MR) is 114 cm³/mol. The first-order valence-corrected chi connectivity index (χ1v) is 10.6. The van der Waals surface area contributed by atoms with E-state index in [1.807, 2.05) is 0 Å². The number of aromatic nitrogens is 2. The zero-order valence-electron chi connectivity index (χ0n) is 16.2. The van der Waals surface area contributed by atoms with Gasteiger partial charge in [-0.15, -0.1) is 0 Å². The summed E-state index contributed by atoms with van der Waals surface area (Å²) < 4.78 is 32.7. The Morgan fingerprint density at radius 3 is 2.52 bits per heavy atom. The van der Waals surface area contributed by atoms with Gasteiger partial charge in [0.2, 0.25) is 11.4 Å². The van der Waals surface area contributed by atoms with Gasteiger partial charge < -0.3 is 9.73 Å². The lowest BCUT2D eigenvalue weighted by Crippen LogP contribution is -2.21. The lowest BCUT2D eigenvalue weighted by molar-refractivity contribution is 0.102. The topological polar surface area (TPSA) is 131 Å². The smallest absolute Gasteiger partial charge is 0.264 e. The zero-order chi connectivity index (χ0) is 22.0. The first kappa shape index (κ1) is 20.2. The molecular weight excluding hydrogens is 420 g/mol. The number of nitrogens with zero attached hydrogens (tertiary/aromatic N) is 2. The van der Waals surface area contributed by atoms with Crippen LogP contribution >= 0.6 is 0 Å². The highest BCUT2D eigenvalue weighted by Gasteiger charge is 2.17. The number of rotatable bonds is 5. The summed E-state index contributed by atoms with van der Waals surface area (Å²) in [6.45, 7) is 1.72. The average molecular weight is 436 g/mol. The number of benzene rings is 2. The third-order valence-corrected chi connectivity index (χ3v) is 5.71. The average Bonchev–Trinajstić information content (AvgIpc) is 2.74. The maximum Gasteiger partial charge on any atom is 0.264 e. The number of para-hydroxylation sites is 1. The summed E-state index contributed by atoms with van der Waals surface area (Å²) in [5, 5.41) is 2.85. The summed E-state index contributed by atoms with van der Waals surface area (Å²) in [6.07, 6.45) is 2.55. The minimum absolute atomic E-state index is 0.0409. The van der Waals surface area contributed by atoms with Gasteiger partial charge in [0.05, 0.1) is 10.3 Å². The molecule has 0 spiro atoms. The molecule has 0 radical (unpaired) electrons. The van der Waals surface area contributed by atoms with Gasteiger partial charge in [0.25, 0.3) is 15.9 Å². The number of hydrogen-bond donors (Lipinski definition) is 2. The number of amides is 1. The maximum atomic E-state index is 12.5. The van der Waals surface area contributed by atoms with Crippen molar-refractivity contribution >= 4 is 38.5 Å². The Kier molecular flexibility index (Phi) is 5.22. The van der Waals surface area contributed by atoms with E-state index in [2.05, 4.69) is 20.0 Å². The quantitative estimate of drug-likeness (QED) is 0.492. The van der Waals surface area contributed by atoms with Crippen molar-refractivity contribution in [2.75, 3.05) is 10.0 Å². The zero-order valence-corrected chi connectivity index (χ0v) is 17.0. The minimum Gasteiger partial charge on any atom is -0.463 e. The summed E-state index contributed by atoms with van der Waals surface area (Å²) in [5.74, 6) is -0.707. The highest BCUT2D eigenvalue weighted by Crippen LogP contribution is 2.18. The molecule has 10 heteroatoms. The summed E-state index contributed by atoms with van der Waals surface area (Å²) in [6, 6.07) is 13.7. The number of aryl methyl sites for hydroxylation is 1. The van der Waals surface area contributed by atoms with E-state index in [4.69, 9.17) is 4.42 Å². The van der Waals surface area contributed by atoms with Crippen molar-refractivity contribution in [3.05, 3.63) is 88.5 Å². The van der Waals surface area contributed by atoms with Crippen molar-refractivity contribution in [1.82, 2.24) is 9.97 Å². The molecule has 0 saturated carbocycles. The molecule has 4 rings (SSSR count). The lowest BCUT2D eigenvalue weighted by atomic mass is 10.1. The number of fused-ring (bicyclic) bond motifs is 1. The largest absolute Gasteiger partial charge is 0.463 e. The van der Waals surface area contributed by atoms with Crippen molar-refractivity contribution in [3.8, 4) is 0 Å². The van der Waals surface area contributed by atoms with Gasteiger partial charge in [0.15, 0.2) is 0 Å². The van der Waals surface area contributed by atoms with E-state index in [1.165, 1.54) is 30.5 Å². The van der Waals surface area contributed by atoms with Crippen LogP contribution in [0.3, 0.4) is 0 Å². The number of sulfonamides is 1. The van der Waals surface area contributed by atoms with E-state index in [0.717, 1.165) is 6.26 Å². The van der Waals surface area contributed by atoms with Crippen LogP contribution in [0.1, 0.15) is 16.1 Å². The fourth-order valence-corrected chi connectivity index (χ4v) is 3.78. The molecule has 0 fully saturated rings. The highest BCUT2D eigenvalue weighted by molar-refractivity contribution is 7.92. The number of carbonyl (C=O) groups excluding carboxylic acids is 1. The number of carbonyl (C=O) groups is 1. The molecular formula is C21H16N4O5S. The molecule has 156 valence electrons. The number of hydrogen-bond acceptors (Lipinski definition) is 7. The highest BCUT2D eigenvalue weighted by atomic mass is 32.2. The van der Waals surface area contributed by atoms with Crippen LogP contribution in [0, 0.1) is 6.92 Å². The second-order valence-corrected chi connectivity index (χ2v) is 8.26. The SMILES string of the molecule is Cc1ccnc(NS(=O)(=O)c2ccc(NC(=O)c3coc4ccccc4c3=O)cc2)n1. The Bertz CT molecular complexity index is 1450. The van der Waals surface area contributed by atoms with Crippen LogP contribution in [-0.4, -0.2) is 24.3 Å². The molecule has 1 amide bonds. The predicted octanol–water partition coefficient (Wildman–Crippen LogP) is 2.94. The second kappa shape index (κ2) is 8.00. The van der Waals surface area contributed by atoms with E-state index < -0.39 is 21.4 Å². The fourth-order valence-electron chi connectivity index (χ4n) is 2.83. The molecule has 2 heterocycles. The van der Waals surface area contributed by atoms with Crippen molar-refractivity contribution in [1.29, 1.82) is 0 Å². The van der Waals surface area contributed by atoms with Crippen molar-refractivity contribution in [3.63, 3.8) is 0 Å². The summed E-state index contributed by atoms with van der Waals surface area (Å²) >= 11 is 0. The standard InChI is InChI=1S/C21H16N4O5S/c1-13-10-11-22-21(23-13)25-31(28,29)15-8-6-14(7-9-15)24-20(27)17-12-30-18-5-3-2-4-16(18)19(17)26/h2-12H,1H3,(H,24,27)(H,22,23,25). The summed E-state index contributed by atoms with van der Waals surface area (Å²) in [5.41, 5.74) is 0.686. The summed E-state index contributed by atoms with van der Waals surface area (Å²) in [7, 11) is -3.91. The third kappa shape index (κ3) is 4.28. The molecule has 0 aliphatic heterocycles. The fraction of sp³-hybridized carbons (Fsp3) is 0.0476. The van der Waals surface area contributed by atoms with Crippen molar-refractivity contribution in [2.24, 2.45) is 0 Å². The molecule has 2 aromatic heterocycles. The summed E-state index contributed by atoms with van der Waals surface area (Å²) in [4.78, 5) is 32.9. The third-order valence-electron chi connectivity index (χ3n) is 4.37. The molecule has 0 unspecified atom stereocenters. The van der Waals surface area contributed by atoms with Gasteiger partial charge in [-0.2, -0.15) is 0 Å². The van der Waals surface area contributed by atoms with Crippen LogP contribution in [0.2, 0.25) is 0 Å². The van der Waals surface area contributed by atoms with Crippen LogP contribution < -0.4 is 15.5 Å². The van der Waals surface area contributed by atoms with Crippen molar-refractivity contribution < 1.29 is 17.6 Å². The second-order valence-electron chi connectivity index (χ2n) is 6.58. The van der Waals surface area contributed by atoms with Gasteiger partial charge in [0.1, 0.15) is 17.4 Å². The Labute approximate surface area is 176 Å². The van der Waals surface area contributed by atoms with Crippen LogP contribution in [0.5, 0.6) is 0 Å². The molecule has 0 saturated heterocycles. The first-order valence-electron chi connectivity index (χ1n) is 9.08. The molecule has 0 bridgehead atoms. The number of anilines is 2. The number of nitrogens with one attached hydrogen (secondary N) is 2. The van der Waals surface area contributed by atoms with Crippen LogP contribution in [0.15, 0.2) is 81.2 Å². The molecule has 2 aromatic carbocycles. The minimum atomic E-state index is -3.91. The lowest BCUT2D eigenvalue weighted by Gasteiger charge is -2.09. The molecule has 0 atom stereocenters. The van der Waals surface area contributed by atoms with E-state index >= 15 is 0 Å². The Balaban J connectivity index is 1.53. The monoisotopic (exact) mass is 436 g/mol. The van der Waals surface area contributed by atoms with Gasteiger partial charge in [-0.25, -0.2) is 23.1 Å². The van der Waals surface area contributed by atoms with E-state index in [-0.39, 0.29) is 16.4 Å². The Morgan fingerprint density at radius 2 is 1.77 bits per heavy atom. The molecule has 9 nitrogen and oxygen atoms in total. The molecule has 31 heavy (non-hydrogen) atoms. The van der Waals surface area contributed by atoms with Gasteiger partial charge in [0, 0.05) is 17.6 Å². The maximum absolute atomic E-state index is 12.5. The van der Waals surface area contributed by atoms with Gasteiger partial charge >= 0.3 is 0 Å². The Morgan fingerprint density at radius 1 is 1.03 bits per heavy atom. The van der Waals surface area contributed by atoms with Crippen molar-refractivity contribution in [2.45, 2.75) is 11.8 Å². The normalized spacial score (nSPS) is 11.3. The van der Waals surface area contributed by atoms with Gasteiger partial charge in [-0.1, -0.05) is 12.1 Å². The van der Waals surface area contributed by atoms with E-state index in [9.17, 15) is 18.0 Å². The van der Waals surface area contributed by atoms with Crippen LogP contribution in [0.4, 0.5) is 11.6 Å². The molecule has 0 aliphatic rings. The Hall–Kier alpha value is -4.05. The first-order chi connectivity index (χ1) is 14.8.